The summed E-state index contributed by atoms with van der Waals surface area (Å²) in [5.74, 6) is 0. The van der Waals surface area contributed by atoms with Crippen LogP contribution in [0.25, 0.3) is 0 Å². The topological polar surface area (TPSA) is 49.3 Å². The van der Waals surface area contributed by atoms with E-state index < -0.39 is 22.6 Å². The molecule has 11 heteroatoms. The number of aliphatic hydroxyl groups is 1. The van der Waals surface area contributed by atoms with Crippen molar-refractivity contribution in [1.82, 2.24) is 14.3 Å². The Labute approximate surface area is 193 Å². The van der Waals surface area contributed by atoms with E-state index in [0.29, 0.717) is 20.2 Å². The molecule has 2 heterocycles. The molecule has 2 aromatic heterocycles. The van der Waals surface area contributed by atoms with Gasteiger partial charge in [0.2, 0.25) is 0 Å². The van der Waals surface area contributed by atoms with Gasteiger partial charge in [-0.25, -0.2) is 14.4 Å². The van der Waals surface area contributed by atoms with Crippen molar-refractivity contribution in [2.24, 2.45) is 0 Å². The fourth-order valence-electron chi connectivity index (χ4n) is 2.07. The van der Waals surface area contributed by atoms with Gasteiger partial charge in [0.25, 0.3) is 11.4 Å². The Morgan fingerprint density at radius 2 is 1.29 bits per heavy atom. The molecule has 0 aromatic carbocycles. The third-order valence-electron chi connectivity index (χ3n) is 3.84. The van der Waals surface area contributed by atoms with E-state index in [1.807, 2.05) is 0 Å². The molecule has 0 fully saturated rings. The third kappa shape index (κ3) is 12.5. The summed E-state index contributed by atoms with van der Waals surface area (Å²) >= 11 is 6.27. The molecule has 0 amide bonds. The fraction of sp³-hybridized carbons (Fsp3) is 0.500. The van der Waals surface area contributed by atoms with Gasteiger partial charge in [-0.1, -0.05) is 37.0 Å². The second kappa shape index (κ2) is 12.8. The van der Waals surface area contributed by atoms with Gasteiger partial charge in [-0.3, -0.25) is 0 Å². The predicted molar refractivity (Wildman–Crippen MR) is 122 cm³/mol. The average Bonchev–Trinajstić information content (AvgIpc) is 2.61. The van der Waals surface area contributed by atoms with Crippen LogP contribution < -0.4 is 0 Å². The fourth-order valence-corrected chi connectivity index (χ4v) is 3.00. The second-order valence-corrected chi connectivity index (χ2v) is 9.32. The molecule has 0 aliphatic carbocycles. The Balaban J connectivity index is 0.000000439. The van der Waals surface area contributed by atoms with Crippen molar-refractivity contribution >= 4 is 34.6 Å². The van der Waals surface area contributed by atoms with Crippen molar-refractivity contribution < 1.29 is 21.2 Å². The molecular formula is C20H29Cl2F4N3OS. The Morgan fingerprint density at radius 3 is 1.48 bits per heavy atom. The molecule has 0 radical (unpaired) electrons. The molecule has 1 N–H and O–H groups in total. The highest BCUT2D eigenvalue weighted by atomic mass is 35.5. The predicted octanol–water partition coefficient (Wildman–Crippen LogP) is 7.60. The number of nitrogens with zero attached hydrogens (tertiary/aromatic N) is 3. The minimum Gasteiger partial charge on any atom is -0.386 e. The normalized spacial score (nSPS) is 12.5. The molecule has 0 saturated carbocycles. The van der Waals surface area contributed by atoms with Crippen LogP contribution in [0.1, 0.15) is 52.7 Å². The monoisotopic (exact) mass is 505 g/mol. The molecule has 0 aliphatic heterocycles. The van der Waals surface area contributed by atoms with Gasteiger partial charge in [-0.15, -0.1) is 11.7 Å². The highest BCUT2D eigenvalue weighted by Crippen LogP contribution is 2.56. The van der Waals surface area contributed by atoms with Crippen LogP contribution in [-0.4, -0.2) is 32.5 Å². The van der Waals surface area contributed by atoms with Crippen molar-refractivity contribution in [3.05, 3.63) is 58.1 Å². The summed E-state index contributed by atoms with van der Waals surface area (Å²) < 4.78 is 48.9. The molecule has 4 nitrogen and oxygen atoms in total. The van der Waals surface area contributed by atoms with Gasteiger partial charge < -0.3 is 5.11 Å². The molecule has 0 bridgehead atoms. The van der Waals surface area contributed by atoms with Gasteiger partial charge in [0.05, 0.1) is 5.60 Å². The maximum atomic E-state index is 13.2. The molecule has 2 rings (SSSR count). The van der Waals surface area contributed by atoms with Gasteiger partial charge in [-0.2, -0.15) is 4.31 Å². The minimum atomic E-state index is -4.93. The van der Waals surface area contributed by atoms with Crippen molar-refractivity contribution in [3.8, 4) is 0 Å². The molecule has 178 valence electrons. The molecule has 0 atom stereocenters. The van der Waals surface area contributed by atoms with Crippen molar-refractivity contribution in [2.75, 3.05) is 13.1 Å². The lowest BCUT2D eigenvalue weighted by Gasteiger charge is -2.23. The quantitative estimate of drug-likeness (QED) is 0.335. The summed E-state index contributed by atoms with van der Waals surface area (Å²) in [4.78, 5) is 7.56. The molecule has 0 spiro atoms. The summed E-state index contributed by atoms with van der Waals surface area (Å²) in [6.07, 6.45) is 3.08. The third-order valence-corrected chi connectivity index (χ3v) is 5.36. The van der Waals surface area contributed by atoms with Crippen LogP contribution in [0.15, 0.2) is 36.7 Å². The summed E-state index contributed by atoms with van der Waals surface area (Å²) in [5.41, 5.74) is -0.853. The van der Waals surface area contributed by atoms with E-state index in [-0.39, 0.29) is 13.1 Å². The number of hydrogen-bond donors (Lipinski definition) is 1. The van der Waals surface area contributed by atoms with Crippen LogP contribution in [-0.2, 0) is 11.3 Å². The Bertz CT molecular complexity index is 737. The lowest BCUT2D eigenvalue weighted by atomic mass is 10.0. The molecule has 2 aromatic rings. The Morgan fingerprint density at radius 1 is 0.903 bits per heavy atom. The molecule has 0 saturated heterocycles. The maximum Gasteiger partial charge on any atom is 0.278 e. The Kier molecular flexibility index (Phi) is 12.3. The van der Waals surface area contributed by atoms with Crippen molar-refractivity contribution in [3.63, 3.8) is 0 Å². The van der Waals surface area contributed by atoms with Crippen LogP contribution in [0.2, 0.25) is 10.3 Å². The number of aromatic nitrogens is 2. The first-order valence-corrected chi connectivity index (χ1v) is 11.4. The largest absolute Gasteiger partial charge is 0.386 e. The lowest BCUT2D eigenvalue weighted by Crippen LogP contribution is -2.19. The van der Waals surface area contributed by atoms with E-state index >= 15 is 0 Å². The van der Waals surface area contributed by atoms with E-state index in [0.717, 1.165) is 5.56 Å². The Hall–Kier alpha value is -1.13. The molecule has 0 unspecified atom stereocenters. The first-order valence-electron chi connectivity index (χ1n) is 9.35. The van der Waals surface area contributed by atoms with Crippen LogP contribution in [0.5, 0.6) is 0 Å². The molecule has 31 heavy (non-hydrogen) atoms. The highest BCUT2D eigenvalue weighted by Gasteiger charge is 2.27. The van der Waals surface area contributed by atoms with Gasteiger partial charge >= 0.3 is 0 Å². The summed E-state index contributed by atoms with van der Waals surface area (Å²) in [7, 11) is 0. The SMILES string of the molecule is CC(C)(F)c1ccnc(Cl)c1.CC(C)(O)c1ccnc(Cl)c1.CCN(CC)S(F)(F)F. The smallest absolute Gasteiger partial charge is 0.278 e. The summed E-state index contributed by atoms with van der Waals surface area (Å²) in [6.45, 7) is 9.52. The number of pyridine rings is 2. The van der Waals surface area contributed by atoms with Crippen molar-refractivity contribution in [1.29, 1.82) is 0 Å². The van der Waals surface area contributed by atoms with E-state index in [9.17, 15) is 21.2 Å². The highest BCUT2D eigenvalue weighted by molar-refractivity contribution is 8.18. The first-order chi connectivity index (χ1) is 14.0. The van der Waals surface area contributed by atoms with Crippen LogP contribution in [0.3, 0.4) is 0 Å². The van der Waals surface area contributed by atoms with Gasteiger partial charge in [-0.05, 0) is 63.1 Å². The van der Waals surface area contributed by atoms with Crippen LogP contribution in [0, 0.1) is 0 Å². The zero-order valence-electron chi connectivity index (χ0n) is 18.3. The lowest BCUT2D eigenvalue weighted by molar-refractivity contribution is 0.0785. The van der Waals surface area contributed by atoms with E-state index in [1.165, 1.54) is 40.0 Å². The second-order valence-electron chi connectivity index (χ2n) is 7.26. The van der Waals surface area contributed by atoms with E-state index in [2.05, 4.69) is 9.97 Å². The maximum absolute atomic E-state index is 13.2. The number of halogens is 6. The standard InChI is InChI=1S/C8H9ClFN.C8H10ClNO.C4H10F3NS/c1-8(2,10)6-3-4-11-7(9)5-6;1-8(2,11)6-3-4-10-7(9)5-6;1-3-8(4-2)9(5,6)7/h3-5H,1-2H3;3-5,11H,1-2H3;3-4H2,1-2H3. The molecular weight excluding hydrogens is 477 g/mol. The zero-order chi connectivity index (χ0) is 24.5. The van der Waals surface area contributed by atoms with Crippen LogP contribution in [0.4, 0.5) is 16.0 Å². The summed E-state index contributed by atoms with van der Waals surface area (Å²) in [6, 6.07) is 6.54. The number of alkyl halides is 1. The number of rotatable bonds is 5. The summed E-state index contributed by atoms with van der Waals surface area (Å²) in [5, 5.41) is 10.3. The minimum absolute atomic E-state index is 0.0648. The van der Waals surface area contributed by atoms with Gasteiger partial charge in [0, 0.05) is 25.5 Å². The average molecular weight is 506 g/mol. The van der Waals surface area contributed by atoms with Gasteiger partial charge in [0.1, 0.15) is 16.0 Å². The van der Waals surface area contributed by atoms with Gasteiger partial charge in [0.15, 0.2) is 0 Å². The zero-order valence-corrected chi connectivity index (χ0v) is 20.7. The van der Waals surface area contributed by atoms with Crippen LogP contribution >= 0.6 is 34.6 Å². The van der Waals surface area contributed by atoms with E-state index in [4.69, 9.17) is 23.2 Å². The number of hydrogen-bond acceptors (Lipinski definition) is 4. The first kappa shape index (κ1) is 29.9. The van der Waals surface area contributed by atoms with E-state index in [1.54, 1.807) is 38.2 Å². The van der Waals surface area contributed by atoms with Crippen molar-refractivity contribution in [2.45, 2.75) is 52.8 Å². The molecule has 0 aliphatic rings.